The molecule has 1 amide bonds. The average molecular weight is 471 g/mol. The van der Waals surface area contributed by atoms with E-state index in [1.54, 1.807) is 30.1 Å². The zero-order valence-corrected chi connectivity index (χ0v) is 20.1. The van der Waals surface area contributed by atoms with Crippen LogP contribution < -0.4 is 10.6 Å². The molecule has 2 aromatic carbocycles. The number of carbonyl (C=O) groups is 1. The molecule has 2 aromatic heterocycles. The maximum atomic E-state index is 14.6. The third-order valence-electron chi connectivity index (χ3n) is 6.16. The molecule has 1 atom stereocenters. The van der Waals surface area contributed by atoms with Gasteiger partial charge in [0.15, 0.2) is 0 Å². The third kappa shape index (κ3) is 4.40. The molecule has 0 saturated carbocycles. The van der Waals surface area contributed by atoms with Crippen LogP contribution in [0.3, 0.4) is 0 Å². The molecule has 1 unspecified atom stereocenters. The molecular formula is C27H27FN6O. The Labute approximate surface area is 203 Å². The number of nitrogens with one attached hydrogen (secondary N) is 2. The Morgan fingerprint density at radius 3 is 2.71 bits per heavy atom. The van der Waals surface area contributed by atoms with Crippen molar-refractivity contribution in [1.82, 2.24) is 19.7 Å². The standard InChI is InChI=1S/C27H27FN6O/c1-16-5-6-19(12-23(16)28)26-25(17(2)30-24-13-22(15-33(3)4)32-34(24)26)27(35)31-21-8-7-20-14-29-10-9-18(20)11-21/h5-14,26,30H,15H2,1-4H3,(H,31,35). The predicted octanol–water partition coefficient (Wildman–Crippen LogP) is 4.87. The van der Waals surface area contributed by atoms with Crippen LogP contribution in [0.2, 0.25) is 0 Å². The van der Waals surface area contributed by atoms with E-state index in [1.165, 1.54) is 6.07 Å². The molecule has 8 heteroatoms. The van der Waals surface area contributed by atoms with E-state index >= 15 is 0 Å². The van der Waals surface area contributed by atoms with E-state index < -0.39 is 6.04 Å². The molecule has 0 spiro atoms. The summed E-state index contributed by atoms with van der Waals surface area (Å²) in [5.74, 6) is 0.175. The second-order valence-corrected chi connectivity index (χ2v) is 9.17. The normalized spacial score (nSPS) is 15.3. The minimum Gasteiger partial charge on any atom is -0.344 e. The SMILES string of the molecule is CC1=C(C(=O)Nc2ccc3cnccc3c2)C(c2ccc(C)c(F)c2)n2nc(CN(C)C)cc2N1. The number of aromatic nitrogens is 3. The molecule has 0 radical (unpaired) electrons. The van der Waals surface area contributed by atoms with Gasteiger partial charge in [0.05, 0.1) is 11.3 Å². The molecule has 178 valence electrons. The molecule has 1 aliphatic heterocycles. The highest BCUT2D eigenvalue weighted by molar-refractivity contribution is 6.06. The fourth-order valence-electron chi connectivity index (χ4n) is 4.46. The molecule has 5 rings (SSSR count). The highest BCUT2D eigenvalue weighted by atomic mass is 19.1. The van der Waals surface area contributed by atoms with Gasteiger partial charge < -0.3 is 15.5 Å². The lowest BCUT2D eigenvalue weighted by molar-refractivity contribution is -0.113. The first kappa shape index (κ1) is 22.7. The molecule has 2 N–H and O–H groups in total. The summed E-state index contributed by atoms with van der Waals surface area (Å²) in [5.41, 5.74) is 3.91. The lowest BCUT2D eigenvalue weighted by Gasteiger charge is -2.30. The lowest BCUT2D eigenvalue weighted by atomic mass is 9.94. The van der Waals surface area contributed by atoms with Gasteiger partial charge in [-0.15, -0.1) is 0 Å². The molecular weight excluding hydrogens is 443 g/mol. The topological polar surface area (TPSA) is 75.1 Å². The van der Waals surface area contributed by atoms with Crippen molar-refractivity contribution in [2.75, 3.05) is 24.7 Å². The van der Waals surface area contributed by atoms with Crippen molar-refractivity contribution in [3.05, 3.63) is 94.8 Å². The maximum absolute atomic E-state index is 14.6. The van der Waals surface area contributed by atoms with Crippen LogP contribution in [0.25, 0.3) is 10.8 Å². The zero-order valence-electron chi connectivity index (χ0n) is 20.1. The number of benzene rings is 2. The van der Waals surface area contributed by atoms with Gasteiger partial charge in [-0.25, -0.2) is 9.07 Å². The number of amides is 1. The fourth-order valence-corrected chi connectivity index (χ4v) is 4.46. The van der Waals surface area contributed by atoms with Crippen LogP contribution in [-0.2, 0) is 11.3 Å². The monoisotopic (exact) mass is 470 g/mol. The number of hydrogen-bond donors (Lipinski definition) is 2. The van der Waals surface area contributed by atoms with Crippen LogP contribution in [0.4, 0.5) is 15.9 Å². The quantitative estimate of drug-likeness (QED) is 0.435. The summed E-state index contributed by atoms with van der Waals surface area (Å²) in [6, 6.07) is 14.1. The molecule has 0 bridgehead atoms. The van der Waals surface area contributed by atoms with Crippen LogP contribution >= 0.6 is 0 Å². The Kier molecular flexibility index (Phi) is 5.82. The average Bonchev–Trinajstić information content (AvgIpc) is 3.20. The number of halogens is 1. The van der Waals surface area contributed by atoms with Crippen molar-refractivity contribution < 1.29 is 9.18 Å². The molecule has 0 fully saturated rings. The van der Waals surface area contributed by atoms with Crippen molar-refractivity contribution in [3.63, 3.8) is 0 Å². The van der Waals surface area contributed by atoms with E-state index in [1.807, 2.05) is 62.3 Å². The predicted molar refractivity (Wildman–Crippen MR) is 136 cm³/mol. The van der Waals surface area contributed by atoms with Crippen LogP contribution in [0.5, 0.6) is 0 Å². The van der Waals surface area contributed by atoms with E-state index in [-0.39, 0.29) is 11.7 Å². The number of pyridine rings is 1. The highest BCUT2D eigenvalue weighted by Crippen LogP contribution is 2.37. The molecule has 1 aliphatic rings. The summed E-state index contributed by atoms with van der Waals surface area (Å²) in [6.45, 7) is 4.23. The number of allylic oxidation sites excluding steroid dienone is 1. The highest BCUT2D eigenvalue weighted by Gasteiger charge is 2.34. The van der Waals surface area contributed by atoms with Crippen molar-refractivity contribution in [2.45, 2.75) is 26.4 Å². The summed E-state index contributed by atoms with van der Waals surface area (Å²) in [6.07, 6.45) is 3.50. The number of fused-ring (bicyclic) bond motifs is 2. The van der Waals surface area contributed by atoms with Crippen molar-refractivity contribution in [2.24, 2.45) is 0 Å². The lowest BCUT2D eigenvalue weighted by Crippen LogP contribution is -2.31. The van der Waals surface area contributed by atoms with Gasteiger partial charge >= 0.3 is 0 Å². The number of anilines is 2. The molecule has 0 aliphatic carbocycles. The molecule has 0 saturated heterocycles. The second-order valence-electron chi connectivity index (χ2n) is 9.17. The minimum absolute atomic E-state index is 0.273. The van der Waals surface area contributed by atoms with Crippen LogP contribution in [0, 0.1) is 12.7 Å². The van der Waals surface area contributed by atoms with E-state index in [9.17, 15) is 9.18 Å². The Balaban J connectivity index is 1.56. The van der Waals surface area contributed by atoms with Crippen molar-refractivity contribution in [1.29, 1.82) is 0 Å². The Bertz CT molecular complexity index is 1470. The van der Waals surface area contributed by atoms with Gasteiger partial charge in [0, 0.05) is 41.8 Å². The first-order valence-corrected chi connectivity index (χ1v) is 11.4. The van der Waals surface area contributed by atoms with Gasteiger partial charge in [0.1, 0.15) is 17.7 Å². The molecule has 3 heterocycles. The summed E-state index contributed by atoms with van der Waals surface area (Å²) in [4.78, 5) is 19.8. The van der Waals surface area contributed by atoms with E-state index in [0.717, 1.165) is 22.3 Å². The molecule has 7 nitrogen and oxygen atoms in total. The Hall–Kier alpha value is -4.04. The summed E-state index contributed by atoms with van der Waals surface area (Å²) >= 11 is 0. The Morgan fingerprint density at radius 2 is 1.94 bits per heavy atom. The number of nitrogens with zero attached hydrogens (tertiary/aromatic N) is 4. The number of hydrogen-bond acceptors (Lipinski definition) is 5. The van der Waals surface area contributed by atoms with Crippen molar-refractivity contribution >= 4 is 28.2 Å². The first-order chi connectivity index (χ1) is 16.8. The van der Waals surface area contributed by atoms with Gasteiger partial charge in [-0.2, -0.15) is 5.10 Å². The number of carbonyl (C=O) groups excluding carboxylic acids is 1. The van der Waals surface area contributed by atoms with Crippen LogP contribution in [-0.4, -0.2) is 39.7 Å². The summed E-state index contributed by atoms with van der Waals surface area (Å²) in [5, 5.41) is 13.1. The van der Waals surface area contributed by atoms with Crippen LogP contribution in [0.15, 0.2) is 72.2 Å². The largest absolute Gasteiger partial charge is 0.344 e. The van der Waals surface area contributed by atoms with Gasteiger partial charge in [-0.05, 0) is 68.7 Å². The summed E-state index contributed by atoms with van der Waals surface area (Å²) in [7, 11) is 3.95. The molecule has 4 aromatic rings. The molecule has 35 heavy (non-hydrogen) atoms. The van der Waals surface area contributed by atoms with Crippen LogP contribution in [0.1, 0.15) is 29.8 Å². The second kappa shape index (κ2) is 8.96. The van der Waals surface area contributed by atoms with Gasteiger partial charge in [0.25, 0.3) is 5.91 Å². The zero-order chi connectivity index (χ0) is 24.7. The van der Waals surface area contributed by atoms with Crippen molar-refractivity contribution in [3.8, 4) is 0 Å². The Morgan fingerprint density at radius 1 is 1.11 bits per heavy atom. The smallest absolute Gasteiger partial charge is 0.255 e. The van der Waals surface area contributed by atoms with E-state index in [4.69, 9.17) is 5.10 Å². The van der Waals surface area contributed by atoms with Gasteiger partial charge in [-0.3, -0.25) is 9.78 Å². The van der Waals surface area contributed by atoms with E-state index in [2.05, 4.69) is 15.6 Å². The number of rotatable bonds is 5. The summed E-state index contributed by atoms with van der Waals surface area (Å²) < 4.78 is 16.4. The first-order valence-electron chi connectivity index (χ1n) is 11.4. The minimum atomic E-state index is -0.582. The van der Waals surface area contributed by atoms with E-state index in [0.29, 0.717) is 34.6 Å². The third-order valence-corrected chi connectivity index (χ3v) is 6.16. The number of aryl methyl sites for hydroxylation is 1. The maximum Gasteiger partial charge on any atom is 0.255 e. The van der Waals surface area contributed by atoms with Gasteiger partial charge in [-0.1, -0.05) is 18.2 Å². The van der Waals surface area contributed by atoms with Gasteiger partial charge in [0.2, 0.25) is 0 Å². The fraction of sp³-hybridized carbons (Fsp3) is 0.222.